The number of benzene rings is 1. The Kier molecular flexibility index (Phi) is 4.73. The quantitative estimate of drug-likeness (QED) is 0.732. The molecule has 3 rings (SSSR count). The second-order valence-electron chi connectivity index (χ2n) is 4.15. The molecule has 3 aromatic rings. The minimum absolute atomic E-state index is 0. The maximum Gasteiger partial charge on any atom is 0.185 e. The second kappa shape index (κ2) is 6.35. The number of anilines is 1. The van der Waals surface area contributed by atoms with E-state index in [9.17, 15) is 0 Å². The lowest BCUT2D eigenvalue weighted by atomic mass is 10.1. The molecule has 0 radical (unpaired) electrons. The van der Waals surface area contributed by atoms with Crippen LogP contribution in [0.3, 0.4) is 0 Å². The number of pyridine rings is 1. The molecule has 7 heteroatoms. The van der Waals surface area contributed by atoms with Crippen LogP contribution in [0.1, 0.15) is 0 Å². The van der Waals surface area contributed by atoms with Crippen molar-refractivity contribution in [2.24, 2.45) is 0 Å². The number of hydrogen-bond acceptors (Lipinski definition) is 4. The zero-order valence-corrected chi connectivity index (χ0v) is 12.9. The molecule has 0 aliphatic carbocycles. The lowest BCUT2D eigenvalue weighted by Crippen LogP contribution is -1.87. The van der Waals surface area contributed by atoms with E-state index < -0.39 is 0 Å². The van der Waals surface area contributed by atoms with Crippen molar-refractivity contribution in [1.29, 1.82) is 0 Å². The Hall–Kier alpha value is -1.75. The SMILES string of the molecule is Cl.Nc1ccnc(-c2cc(-c3c(Cl)cccc3Cl)no2)c1. The molecule has 4 nitrogen and oxygen atoms in total. The van der Waals surface area contributed by atoms with Gasteiger partial charge in [0.15, 0.2) is 5.76 Å². The van der Waals surface area contributed by atoms with Gasteiger partial charge in [-0.3, -0.25) is 4.98 Å². The summed E-state index contributed by atoms with van der Waals surface area (Å²) >= 11 is 12.3. The van der Waals surface area contributed by atoms with Gasteiger partial charge in [0.25, 0.3) is 0 Å². The predicted molar refractivity (Wildman–Crippen MR) is 86.9 cm³/mol. The molecule has 1 aromatic carbocycles. The zero-order chi connectivity index (χ0) is 14.1. The van der Waals surface area contributed by atoms with Crippen molar-refractivity contribution >= 4 is 41.3 Å². The molecular weight excluding hydrogens is 333 g/mol. The molecule has 21 heavy (non-hydrogen) atoms. The minimum atomic E-state index is 0. The molecule has 0 saturated heterocycles. The molecule has 0 aliphatic rings. The van der Waals surface area contributed by atoms with Crippen LogP contribution in [-0.4, -0.2) is 10.1 Å². The van der Waals surface area contributed by atoms with E-state index in [1.807, 2.05) is 0 Å². The van der Waals surface area contributed by atoms with Crippen molar-refractivity contribution in [3.63, 3.8) is 0 Å². The van der Waals surface area contributed by atoms with E-state index in [4.69, 9.17) is 33.5 Å². The summed E-state index contributed by atoms with van der Waals surface area (Å²) in [5.41, 5.74) is 8.11. The fraction of sp³-hybridized carbons (Fsp3) is 0. The molecule has 2 N–H and O–H groups in total. The molecule has 2 aromatic heterocycles. The first-order chi connectivity index (χ1) is 9.65. The highest BCUT2D eigenvalue weighted by atomic mass is 35.5. The number of halogens is 3. The average molecular weight is 343 g/mol. The average Bonchev–Trinajstić information content (AvgIpc) is 2.88. The first kappa shape index (κ1) is 15.6. The van der Waals surface area contributed by atoms with E-state index in [0.29, 0.717) is 38.4 Å². The van der Waals surface area contributed by atoms with Gasteiger partial charge in [-0.2, -0.15) is 0 Å². The third-order valence-electron chi connectivity index (χ3n) is 2.77. The number of hydrogen-bond donors (Lipinski definition) is 1. The van der Waals surface area contributed by atoms with Gasteiger partial charge >= 0.3 is 0 Å². The van der Waals surface area contributed by atoms with Crippen molar-refractivity contribution in [2.75, 3.05) is 5.73 Å². The highest BCUT2D eigenvalue weighted by Gasteiger charge is 2.15. The van der Waals surface area contributed by atoms with Crippen LogP contribution in [0.15, 0.2) is 47.1 Å². The Labute approximate surface area is 137 Å². The molecular formula is C14H10Cl3N3O. The number of nitrogen functional groups attached to an aromatic ring is 1. The summed E-state index contributed by atoms with van der Waals surface area (Å²) in [6.45, 7) is 0. The highest BCUT2D eigenvalue weighted by Crippen LogP contribution is 2.35. The van der Waals surface area contributed by atoms with Crippen molar-refractivity contribution in [1.82, 2.24) is 10.1 Å². The number of nitrogens with two attached hydrogens (primary N) is 1. The van der Waals surface area contributed by atoms with Gasteiger partial charge in [0.2, 0.25) is 0 Å². The molecule has 0 fully saturated rings. The smallest absolute Gasteiger partial charge is 0.185 e. The molecule has 0 aliphatic heterocycles. The second-order valence-corrected chi connectivity index (χ2v) is 4.96. The zero-order valence-electron chi connectivity index (χ0n) is 10.6. The van der Waals surface area contributed by atoms with Crippen molar-refractivity contribution in [2.45, 2.75) is 0 Å². The van der Waals surface area contributed by atoms with Crippen LogP contribution in [0.4, 0.5) is 5.69 Å². The summed E-state index contributed by atoms with van der Waals surface area (Å²) in [7, 11) is 0. The van der Waals surface area contributed by atoms with Gasteiger partial charge in [-0.25, -0.2) is 0 Å². The third-order valence-corrected chi connectivity index (χ3v) is 3.40. The third kappa shape index (κ3) is 3.13. The molecule has 0 spiro atoms. The maximum atomic E-state index is 6.14. The van der Waals surface area contributed by atoms with Gasteiger partial charge in [0, 0.05) is 23.5 Å². The van der Waals surface area contributed by atoms with Crippen LogP contribution < -0.4 is 5.73 Å². The van der Waals surface area contributed by atoms with Gasteiger partial charge in [0.05, 0.1) is 10.0 Å². The summed E-state index contributed by atoms with van der Waals surface area (Å²) in [5, 5.41) is 5.01. The highest BCUT2D eigenvalue weighted by molar-refractivity contribution is 6.39. The van der Waals surface area contributed by atoms with Crippen molar-refractivity contribution in [3.8, 4) is 22.7 Å². The molecule has 0 bridgehead atoms. The lowest BCUT2D eigenvalue weighted by Gasteiger charge is -2.01. The predicted octanol–water partition coefficient (Wildman–Crippen LogP) is 4.71. The summed E-state index contributed by atoms with van der Waals surface area (Å²) < 4.78 is 5.28. The molecule has 0 amide bonds. The first-order valence-corrected chi connectivity index (χ1v) is 6.54. The van der Waals surface area contributed by atoms with Crippen LogP contribution in [0.2, 0.25) is 10.0 Å². The van der Waals surface area contributed by atoms with Crippen molar-refractivity contribution in [3.05, 3.63) is 52.6 Å². The Morgan fingerprint density at radius 1 is 1.00 bits per heavy atom. The Morgan fingerprint density at radius 2 is 1.71 bits per heavy atom. The Bertz CT molecular complexity index is 753. The minimum Gasteiger partial charge on any atom is -0.399 e. The van der Waals surface area contributed by atoms with Gasteiger partial charge in [-0.1, -0.05) is 34.4 Å². The molecule has 0 atom stereocenters. The largest absolute Gasteiger partial charge is 0.399 e. The van der Waals surface area contributed by atoms with Gasteiger partial charge < -0.3 is 10.3 Å². The van der Waals surface area contributed by atoms with E-state index in [2.05, 4.69) is 10.1 Å². The Balaban J connectivity index is 0.00000161. The maximum absolute atomic E-state index is 6.14. The monoisotopic (exact) mass is 341 g/mol. The van der Waals surface area contributed by atoms with E-state index in [1.165, 1.54) is 0 Å². The number of nitrogens with zero attached hydrogens (tertiary/aromatic N) is 2. The van der Waals surface area contributed by atoms with Crippen LogP contribution in [0.5, 0.6) is 0 Å². The topological polar surface area (TPSA) is 64.9 Å². The van der Waals surface area contributed by atoms with Gasteiger partial charge in [-0.15, -0.1) is 12.4 Å². The molecule has 0 saturated carbocycles. The summed E-state index contributed by atoms with van der Waals surface area (Å²) in [6, 6.07) is 10.4. The fourth-order valence-electron chi connectivity index (χ4n) is 1.84. The molecule has 108 valence electrons. The molecule has 0 unspecified atom stereocenters. The van der Waals surface area contributed by atoms with Gasteiger partial charge in [-0.05, 0) is 24.3 Å². The summed E-state index contributed by atoms with van der Waals surface area (Å²) in [4.78, 5) is 4.18. The fourth-order valence-corrected chi connectivity index (χ4v) is 2.43. The number of rotatable bonds is 2. The van der Waals surface area contributed by atoms with Crippen LogP contribution in [-0.2, 0) is 0 Å². The van der Waals surface area contributed by atoms with E-state index in [0.717, 1.165) is 0 Å². The van der Waals surface area contributed by atoms with Crippen LogP contribution in [0.25, 0.3) is 22.7 Å². The summed E-state index contributed by atoms with van der Waals surface area (Å²) in [5.74, 6) is 0.503. The van der Waals surface area contributed by atoms with E-state index in [-0.39, 0.29) is 12.4 Å². The van der Waals surface area contributed by atoms with Crippen LogP contribution >= 0.6 is 35.6 Å². The Morgan fingerprint density at radius 3 is 2.38 bits per heavy atom. The summed E-state index contributed by atoms with van der Waals surface area (Å²) in [6.07, 6.45) is 1.61. The van der Waals surface area contributed by atoms with E-state index in [1.54, 1.807) is 42.6 Å². The van der Waals surface area contributed by atoms with Crippen molar-refractivity contribution < 1.29 is 4.52 Å². The standard InChI is InChI=1S/C14H9Cl2N3O.ClH/c15-9-2-1-3-10(16)14(9)12-7-13(20-19-12)11-6-8(17)4-5-18-11;/h1-7H,(H2,17,18);1H. The normalized spacial score (nSPS) is 10.2. The van der Waals surface area contributed by atoms with Crippen LogP contribution in [0, 0.1) is 0 Å². The molecule has 2 heterocycles. The van der Waals surface area contributed by atoms with Gasteiger partial charge in [0.1, 0.15) is 11.4 Å². The van der Waals surface area contributed by atoms with E-state index >= 15 is 0 Å². The lowest BCUT2D eigenvalue weighted by molar-refractivity contribution is 0.433. The first-order valence-electron chi connectivity index (χ1n) is 5.78. The number of aromatic nitrogens is 2.